The van der Waals surface area contributed by atoms with Gasteiger partial charge >= 0.3 is 0 Å². The number of carbonyl (C=O) groups is 4. The number of aliphatic hydroxyl groups excluding tert-OH is 2. The fourth-order valence-corrected chi connectivity index (χ4v) is 14.9. The van der Waals surface area contributed by atoms with Crippen LogP contribution in [-0.4, -0.2) is 117 Å². The Kier molecular flexibility index (Phi) is 13.2. The first-order valence-corrected chi connectivity index (χ1v) is 23.1. The first-order chi connectivity index (χ1) is 28.8. The van der Waals surface area contributed by atoms with Crippen molar-refractivity contribution in [2.24, 2.45) is 0 Å². The highest BCUT2D eigenvalue weighted by Crippen LogP contribution is 2.61. The van der Waals surface area contributed by atoms with Gasteiger partial charge in [-0.2, -0.15) is 0 Å². The third kappa shape index (κ3) is 8.16. The molecule has 4 aliphatic rings. The van der Waals surface area contributed by atoms with E-state index < -0.39 is 26.5 Å². The van der Waals surface area contributed by atoms with Gasteiger partial charge in [-0.25, -0.2) is 0 Å². The number of rotatable bonds is 14. The van der Waals surface area contributed by atoms with Crippen molar-refractivity contribution in [2.75, 3.05) is 48.6 Å². The molecule has 0 radical (unpaired) electrons. The van der Waals surface area contributed by atoms with E-state index in [2.05, 4.69) is 24.3 Å². The monoisotopic (exact) mass is 887 g/mol. The summed E-state index contributed by atoms with van der Waals surface area (Å²) in [6.45, 7) is -0.836. The topological polar surface area (TPSA) is 137 Å². The van der Waals surface area contributed by atoms with E-state index in [1.54, 1.807) is 35.4 Å². The van der Waals surface area contributed by atoms with Gasteiger partial charge in [0, 0.05) is 34.0 Å². The van der Waals surface area contributed by atoms with E-state index in [4.69, 9.17) is 9.47 Å². The number of aryl methyl sites for hydroxylation is 2. The van der Waals surface area contributed by atoms with Crippen LogP contribution in [0.2, 0.25) is 0 Å². The lowest BCUT2D eigenvalue weighted by atomic mass is 9.96. The summed E-state index contributed by atoms with van der Waals surface area (Å²) >= 11 is 5.51. The van der Waals surface area contributed by atoms with Gasteiger partial charge in [-0.15, -0.1) is 47.0 Å². The first-order valence-electron chi connectivity index (χ1n) is 19.5. The van der Waals surface area contributed by atoms with Crippen LogP contribution in [0.5, 0.6) is 11.5 Å². The number of fused-ring (bicyclic) bond motifs is 4. The molecule has 4 aromatic carbocycles. The molecule has 11 nitrogen and oxygen atoms in total. The van der Waals surface area contributed by atoms with Gasteiger partial charge in [0.15, 0.2) is 16.0 Å². The van der Waals surface area contributed by atoms with Crippen molar-refractivity contribution in [3.63, 3.8) is 0 Å². The molecule has 2 bridgehead atoms. The number of amides is 3. The summed E-state index contributed by atoms with van der Waals surface area (Å²) in [5.41, 5.74) is 5.91. The van der Waals surface area contributed by atoms with E-state index in [0.717, 1.165) is 52.5 Å². The highest BCUT2D eigenvalue weighted by molar-refractivity contribution is 8.18. The number of piperazine rings is 1. The predicted molar refractivity (Wildman–Crippen MR) is 240 cm³/mol. The number of aliphatic hydroxyl groups is 2. The van der Waals surface area contributed by atoms with Crippen molar-refractivity contribution >= 4 is 71.1 Å². The number of benzene rings is 4. The molecule has 0 aliphatic carbocycles. The summed E-state index contributed by atoms with van der Waals surface area (Å²) < 4.78 is 10.1. The lowest BCUT2D eigenvalue weighted by Gasteiger charge is -2.50. The Balaban J connectivity index is 1.04. The number of methoxy groups -OCH3 is 2. The molecule has 4 aliphatic heterocycles. The zero-order valence-corrected chi connectivity index (χ0v) is 37.4. The van der Waals surface area contributed by atoms with Crippen molar-refractivity contribution in [3.8, 4) is 11.5 Å². The van der Waals surface area contributed by atoms with Crippen molar-refractivity contribution in [1.29, 1.82) is 0 Å². The van der Waals surface area contributed by atoms with Crippen LogP contribution in [0.25, 0.3) is 0 Å². The second-order valence-electron chi connectivity index (χ2n) is 15.2. The number of hydrogen-bond acceptors (Lipinski definition) is 12. The normalized spacial score (nSPS) is 26.8. The largest absolute Gasteiger partial charge is 0.497 e. The Morgan fingerprint density at radius 3 is 1.53 bits per heavy atom. The van der Waals surface area contributed by atoms with E-state index in [1.807, 2.05) is 72.8 Å². The Morgan fingerprint density at radius 1 is 0.600 bits per heavy atom. The Hall–Kier alpha value is -4.12. The molecular weight excluding hydrogens is 839 g/mol. The van der Waals surface area contributed by atoms with Crippen molar-refractivity contribution in [2.45, 2.75) is 54.7 Å². The molecule has 6 atom stereocenters. The summed E-state index contributed by atoms with van der Waals surface area (Å²) in [6.07, 6.45) is 2.99. The van der Waals surface area contributed by atoms with Gasteiger partial charge in [0.05, 0.1) is 36.6 Å². The van der Waals surface area contributed by atoms with E-state index in [9.17, 15) is 29.4 Å². The van der Waals surface area contributed by atoms with Crippen LogP contribution in [0.3, 0.4) is 0 Å². The fraction of sp³-hybridized carbons (Fsp3) is 0.378. The smallest absolute Gasteiger partial charge is 0.262 e. The van der Waals surface area contributed by atoms with Gasteiger partial charge < -0.3 is 34.4 Å². The molecule has 3 amide bonds. The quantitative estimate of drug-likeness (QED) is 0.145. The highest BCUT2D eigenvalue weighted by atomic mass is 32.2. The molecule has 316 valence electrons. The zero-order chi connectivity index (χ0) is 42.8. The molecule has 3 unspecified atom stereocenters. The minimum absolute atomic E-state index is 0.222. The molecule has 0 aromatic heterocycles. The number of aldehydes is 1. The SMILES string of the molecule is COc1ccc(C2SC(CO)C(=O)N(C)[C@@](C=O)(Cc3ccc(CCc4ccc(C[C@@]56SC(c7ccc(OC)cc7)S[C@@](CO)(C(=O)N5C)N(C)C6=O)cc4)cc3)S2)cc1. The number of carbonyl (C=O) groups excluding carboxylic acids is 4. The maximum absolute atomic E-state index is 14.3. The van der Waals surface area contributed by atoms with Gasteiger partial charge in [0.2, 0.25) is 5.91 Å². The van der Waals surface area contributed by atoms with Crippen LogP contribution in [0.1, 0.15) is 42.5 Å². The molecule has 0 spiro atoms. The number of hydrogen-bond donors (Lipinski definition) is 2. The predicted octanol–water partition coefficient (Wildman–Crippen LogP) is 5.96. The second kappa shape index (κ2) is 18.1. The van der Waals surface area contributed by atoms with Gasteiger partial charge in [-0.1, -0.05) is 72.8 Å². The third-order valence-electron chi connectivity index (χ3n) is 11.7. The Morgan fingerprint density at radius 2 is 1.05 bits per heavy atom. The molecule has 4 fully saturated rings. The molecule has 15 heteroatoms. The summed E-state index contributed by atoms with van der Waals surface area (Å²) in [4.78, 5) is 55.5. The molecular formula is C45H49N3O8S4. The van der Waals surface area contributed by atoms with Crippen molar-refractivity contribution in [1.82, 2.24) is 14.7 Å². The average Bonchev–Trinajstić information content (AvgIpc) is 3.51. The molecule has 60 heavy (non-hydrogen) atoms. The maximum Gasteiger partial charge on any atom is 0.262 e. The number of likely N-dealkylation sites (N-methyl/N-ethyl adjacent to an activating group) is 3. The van der Waals surface area contributed by atoms with Gasteiger partial charge in [-0.05, 0) is 70.5 Å². The Labute approximate surface area is 367 Å². The molecule has 4 aromatic rings. The van der Waals surface area contributed by atoms with Crippen LogP contribution >= 0.6 is 47.0 Å². The van der Waals surface area contributed by atoms with Crippen LogP contribution in [0, 0.1) is 0 Å². The fourth-order valence-electron chi connectivity index (χ4n) is 7.87. The average molecular weight is 888 g/mol. The maximum atomic E-state index is 14.3. The van der Waals surface area contributed by atoms with E-state index in [1.165, 1.54) is 61.7 Å². The van der Waals surface area contributed by atoms with Gasteiger partial charge in [0.1, 0.15) is 21.6 Å². The third-order valence-corrected chi connectivity index (χ3v) is 18.5. The van der Waals surface area contributed by atoms with Crippen LogP contribution in [0.15, 0.2) is 97.1 Å². The van der Waals surface area contributed by atoms with E-state index in [0.29, 0.717) is 24.3 Å². The van der Waals surface area contributed by atoms with Gasteiger partial charge in [-0.3, -0.25) is 19.2 Å². The van der Waals surface area contributed by atoms with E-state index in [-0.39, 0.29) is 33.5 Å². The lowest BCUT2D eigenvalue weighted by molar-refractivity contribution is -0.164. The molecule has 8 rings (SSSR count). The van der Waals surface area contributed by atoms with Crippen LogP contribution < -0.4 is 9.47 Å². The molecule has 4 saturated heterocycles. The molecule has 0 saturated carbocycles. The van der Waals surface area contributed by atoms with Crippen LogP contribution in [0.4, 0.5) is 0 Å². The summed E-state index contributed by atoms with van der Waals surface area (Å²) in [7, 11) is 8.12. The van der Waals surface area contributed by atoms with Crippen molar-refractivity contribution in [3.05, 3.63) is 130 Å². The van der Waals surface area contributed by atoms with Gasteiger partial charge in [0.25, 0.3) is 11.8 Å². The summed E-state index contributed by atoms with van der Waals surface area (Å²) in [5.74, 6) is 0.603. The lowest BCUT2D eigenvalue weighted by Crippen LogP contribution is -2.73. The summed E-state index contributed by atoms with van der Waals surface area (Å²) in [6, 6.07) is 31.5. The van der Waals surface area contributed by atoms with E-state index >= 15 is 0 Å². The number of nitrogens with zero attached hydrogens (tertiary/aromatic N) is 3. The minimum atomic E-state index is -1.44. The minimum Gasteiger partial charge on any atom is -0.497 e. The number of thioether (sulfide) groups is 4. The van der Waals surface area contributed by atoms with Crippen LogP contribution in [-0.2, 0) is 44.9 Å². The standard InChI is InChI=1S/C45H49N3O8S4/c1-46-38(52)37(26-49)57-39(33-16-20-35(55-4)21-17-33)58-43(46,27-50)24-31-12-8-29(9-13-31)6-7-30-10-14-32(15-11-30)25-44-41(53)48(3)45(28-51,42(54)47(44)2)60-40(59-44)34-18-22-36(56-5)23-19-34/h8-23,27,37,39-40,49,51H,6-7,24-26,28H2,1-5H3/t37?,39?,40?,43-,44-,45-/m0/s1. The second-order valence-corrected chi connectivity index (χ2v) is 21.3. The first kappa shape index (κ1) is 44.0. The zero-order valence-electron chi connectivity index (χ0n) is 34.1. The Bertz CT molecular complexity index is 2200. The molecule has 2 N–H and O–H groups in total. The number of ether oxygens (including phenoxy) is 2. The highest BCUT2D eigenvalue weighted by Gasteiger charge is 2.66. The molecule has 4 heterocycles. The van der Waals surface area contributed by atoms with Crippen molar-refractivity contribution < 1.29 is 38.9 Å². The summed E-state index contributed by atoms with van der Waals surface area (Å²) in [5, 5.41) is 20.1.